The van der Waals surface area contributed by atoms with Crippen molar-refractivity contribution in [3.05, 3.63) is 0 Å². The molecule has 0 saturated carbocycles. The first-order chi connectivity index (χ1) is 9.58. The number of hydrogen-bond donors (Lipinski definition) is 3. The van der Waals surface area contributed by atoms with Crippen molar-refractivity contribution in [2.75, 3.05) is 46.3 Å². The first kappa shape index (κ1) is 16.9. The Hall–Kier alpha value is -1.18. The van der Waals surface area contributed by atoms with Crippen molar-refractivity contribution in [2.24, 2.45) is 5.73 Å². The second-order valence-corrected chi connectivity index (χ2v) is 5.12. The lowest BCUT2D eigenvalue weighted by molar-refractivity contribution is -0.124. The van der Waals surface area contributed by atoms with Gasteiger partial charge in [0.1, 0.15) is 0 Å². The van der Waals surface area contributed by atoms with Crippen molar-refractivity contribution in [1.82, 2.24) is 20.4 Å². The molecule has 0 radical (unpaired) electrons. The third-order valence-corrected chi connectivity index (χ3v) is 3.69. The third-order valence-electron chi connectivity index (χ3n) is 3.69. The molecule has 7 heteroatoms. The van der Waals surface area contributed by atoms with E-state index in [1.54, 1.807) is 0 Å². The van der Waals surface area contributed by atoms with Gasteiger partial charge in [0.2, 0.25) is 5.91 Å². The predicted molar refractivity (Wildman–Crippen MR) is 78.4 cm³/mol. The number of imide groups is 1. The molecule has 1 unspecified atom stereocenters. The fraction of sp³-hybridized carbons (Fsp3) is 0.846. The number of rotatable bonds is 5. The van der Waals surface area contributed by atoms with E-state index < -0.39 is 6.03 Å². The molecule has 0 spiro atoms. The first-order valence-corrected chi connectivity index (χ1v) is 7.27. The number of nitrogens with one attached hydrogen (secondary N) is 2. The van der Waals surface area contributed by atoms with Crippen LogP contribution in [-0.2, 0) is 4.79 Å². The number of carbonyl (C=O) groups is 2. The van der Waals surface area contributed by atoms with Crippen LogP contribution in [0, 0.1) is 0 Å². The van der Waals surface area contributed by atoms with Crippen LogP contribution >= 0.6 is 0 Å². The molecule has 0 aromatic carbocycles. The Morgan fingerprint density at radius 2 is 2.00 bits per heavy atom. The summed E-state index contributed by atoms with van der Waals surface area (Å²) in [7, 11) is 1.49. The van der Waals surface area contributed by atoms with Crippen molar-refractivity contribution in [3.63, 3.8) is 0 Å². The Bertz CT molecular complexity index is 324. The van der Waals surface area contributed by atoms with E-state index in [1.165, 1.54) is 7.05 Å². The Balaban J connectivity index is 2.43. The summed E-state index contributed by atoms with van der Waals surface area (Å²) >= 11 is 0. The zero-order chi connectivity index (χ0) is 15.0. The van der Waals surface area contributed by atoms with E-state index in [2.05, 4.69) is 20.4 Å². The summed E-state index contributed by atoms with van der Waals surface area (Å²) in [4.78, 5) is 27.6. The average Bonchev–Trinajstić information content (AvgIpc) is 2.69. The van der Waals surface area contributed by atoms with E-state index in [-0.39, 0.29) is 11.9 Å². The van der Waals surface area contributed by atoms with Gasteiger partial charge in [-0.15, -0.1) is 0 Å². The van der Waals surface area contributed by atoms with E-state index in [4.69, 9.17) is 5.73 Å². The molecular formula is C13H27N5O2. The van der Waals surface area contributed by atoms with Crippen molar-refractivity contribution in [1.29, 1.82) is 0 Å². The van der Waals surface area contributed by atoms with Crippen molar-refractivity contribution < 1.29 is 9.59 Å². The lowest BCUT2D eigenvalue weighted by Gasteiger charge is -2.26. The molecule has 4 N–H and O–H groups in total. The lowest BCUT2D eigenvalue weighted by atomic mass is 10.2. The van der Waals surface area contributed by atoms with Crippen LogP contribution in [0.1, 0.15) is 19.8 Å². The van der Waals surface area contributed by atoms with Crippen molar-refractivity contribution in [3.8, 4) is 0 Å². The topological polar surface area (TPSA) is 90.7 Å². The molecule has 20 heavy (non-hydrogen) atoms. The molecule has 1 saturated heterocycles. The SMILES string of the molecule is CNC(=O)NC(=O)C(C)N1CCCN(CCCN)CC1. The van der Waals surface area contributed by atoms with Crippen LogP contribution in [0.15, 0.2) is 0 Å². The Kier molecular flexibility index (Phi) is 7.50. The van der Waals surface area contributed by atoms with Crippen LogP contribution in [0.4, 0.5) is 4.79 Å². The predicted octanol–water partition coefficient (Wildman–Crippen LogP) is -0.813. The summed E-state index contributed by atoms with van der Waals surface area (Å²) in [5.41, 5.74) is 5.53. The molecule has 0 aliphatic carbocycles. The monoisotopic (exact) mass is 285 g/mol. The highest BCUT2D eigenvalue weighted by Crippen LogP contribution is 2.07. The number of amides is 3. The van der Waals surface area contributed by atoms with Gasteiger partial charge in [0.25, 0.3) is 0 Å². The number of nitrogens with two attached hydrogens (primary N) is 1. The summed E-state index contributed by atoms with van der Waals surface area (Å²) < 4.78 is 0. The van der Waals surface area contributed by atoms with Gasteiger partial charge in [0.05, 0.1) is 6.04 Å². The van der Waals surface area contributed by atoms with Gasteiger partial charge in [0.15, 0.2) is 0 Å². The van der Waals surface area contributed by atoms with E-state index in [0.29, 0.717) is 6.54 Å². The number of carbonyl (C=O) groups excluding carboxylic acids is 2. The summed E-state index contributed by atoms with van der Waals surface area (Å²) in [6.45, 7) is 7.27. The van der Waals surface area contributed by atoms with Crippen molar-refractivity contribution in [2.45, 2.75) is 25.8 Å². The van der Waals surface area contributed by atoms with Gasteiger partial charge in [-0.2, -0.15) is 0 Å². The first-order valence-electron chi connectivity index (χ1n) is 7.27. The molecule has 1 fully saturated rings. The second-order valence-electron chi connectivity index (χ2n) is 5.12. The molecule has 1 aliphatic rings. The molecule has 1 rings (SSSR count). The largest absolute Gasteiger partial charge is 0.341 e. The quantitative estimate of drug-likeness (QED) is 0.614. The van der Waals surface area contributed by atoms with Gasteiger partial charge >= 0.3 is 6.03 Å². The zero-order valence-electron chi connectivity index (χ0n) is 12.5. The smallest absolute Gasteiger partial charge is 0.321 e. The molecule has 1 aliphatic heterocycles. The molecule has 0 aromatic heterocycles. The van der Waals surface area contributed by atoms with Gasteiger partial charge in [-0.05, 0) is 39.4 Å². The van der Waals surface area contributed by atoms with Gasteiger partial charge < -0.3 is 16.0 Å². The van der Waals surface area contributed by atoms with Gasteiger partial charge in [-0.3, -0.25) is 15.0 Å². The molecular weight excluding hydrogens is 258 g/mol. The van der Waals surface area contributed by atoms with Crippen molar-refractivity contribution >= 4 is 11.9 Å². The summed E-state index contributed by atoms with van der Waals surface area (Å²) in [6.07, 6.45) is 2.04. The minimum Gasteiger partial charge on any atom is -0.341 e. The third kappa shape index (κ3) is 5.44. The summed E-state index contributed by atoms with van der Waals surface area (Å²) in [6, 6.07) is -0.747. The highest BCUT2D eigenvalue weighted by molar-refractivity contribution is 5.96. The minimum absolute atomic E-state index is 0.250. The molecule has 7 nitrogen and oxygen atoms in total. The highest BCUT2D eigenvalue weighted by Gasteiger charge is 2.24. The van der Waals surface area contributed by atoms with Crippen LogP contribution in [0.5, 0.6) is 0 Å². The Labute approximate surface area is 120 Å². The van der Waals surface area contributed by atoms with Gasteiger partial charge in [-0.25, -0.2) is 4.79 Å². The lowest BCUT2D eigenvalue weighted by Crippen LogP contribution is -2.50. The number of urea groups is 1. The van der Waals surface area contributed by atoms with E-state index >= 15 is 0 Å². The zero-order valence-corrected chi connectivity index (χ0v) is 12.5. The molecule has 1 atom stereocenters. The van der Waals surface area contributed by atoms with Gasteiger partial charge in [0, 0.05) is 26.7 Å². The van der Waals surface area contributed by atoms with Crippen LogP contribution in [-0.4, -0.2) is 74.1 Å². The standard InChI is InChI=1S/C13H27N5O2/c1-11(12(19)16-13(20)15-2)18-8-4-7-17(9-10-18)6-3-5-14/h11H,3-10,14H2,1-2H3,(H2,15,16,19,20). The molecule has 116 valence electrons. The Morgan fingerprint density at radius 3 is 2.65 bits per heavy atom. The van der Waals surface area contributed by atoms with E-state index in [9.17, 15) is 9.59 Å². The van der Waals surface area contributed by atoms with Crippen LogP contribution in [0.25, 0.3) is 0 Å². The van der Waals surface area contributed by atoms with E-state index in [0.717, 1.165) is 45.6 Å². The molecule has 0 bridgehead atoms. The fourth-order valence-corrected chi connectivity index (χ4v) is 2.36. The maximum atomic E-state index is 11.9. The highest BCUT2D eigenvalue weighted by atomic mass is 16.2. The van der Waals surface area contributed by atoms with E-state index in [1.807, 2.05) is 6.92 Å². The summed E-state index contributed by atoms with van der Waals surface area (Å²) in [5.74, 6) is -0.250. The van der Waals surface area contributed by atoms with Crippen LogP contribution in [0.2, 0.25) is 0 Å². The maximum absolute atomic E-state index is 11.9. The second kappa shape index (κ2) is 8.89. The molecule has 0 aromatic rings. The minimum atomic E-state index is -0.457. The normalized spacial score (nSPS) is 19.1. The number of hydrogen-bond acceptors (Lipinski definition) is 5. The molecule has 1 heterocycles. The fourth-order valence-electron chi connectivity index (χ4n) is 2.36. The Morgan fingerprint density at radius 1 is 1.25 bits per heavy atom. The summed E-state index contributed by atoms with van der Waals surface area (Å²) in [5, 5.41) is 4.72. The molecule has 3 amide bonds. The van der Waals surface area contributed by atoms with Gasteiger partial charge in [-0.1, -0.05) is 0 Å². The van der Waals surface area contributed by atoms with Crippen LogP contribution in [0.3, 0.4) is 0 Å². The van der Waals surface area contributed by atoms with Crippen LogP contribution < -0.4 is 16.4 Å². The maximum Gasteiger partial charge on any atom is 0.321 e. The average molecular weight is 285 g/mol. The number of nitrogens with zero attached hydrogens (tertiary/aromatic N) is 2.